The van der Waals surface area contributed by atoms with Crippen molar-refractivity contribution in [3.05, 3.63) is 87.6 Å². The molecule has 2 atom stereocenters. The molecule has 3 aromatic rings. The Hall–Kier alpha value is -2.96. The molecule has 2 heterocycles. The standard InChI is InChI=1S/C25H26N2O3S/c1-17-8-10-20(11-9-17)27-23(29)13-12-21(24(27)22-7-4-14-31-22)25(30)26-15-18-5-2-3-6-19(18)16-28/h2-11,14,21,24,28H,12-13,15-16H2,1H3,(H,26,30)/t21-,24+/m0/s1. The van der Waals surface area contributed by atoms with Gasteiger partial charge < -0.3 is 15.3 Å². The van der Waals surface area contributed by atoms with Gasteiger partial charge in [0.15, 0.2) is 0 Å². The minimum atomic E-state index is -0.348. The lowest BCUT2D eigenvalue weighted by atomic mass is 9.86. The third-order valence-electron chi connectivity index (χ3n) is 5.82. The number of carbonyl (C=O) groups is 2. The molecule has 31 heavy (non-hydrogen) atoms. The molecule has 0 radical (unpaired) electrons. The third-order valence-corrected chi connectivity index (χ3v) is 6.77. The largest absolute Gasteiger partial charge is 0.392 e. The van der Waals surface area contributed by atoms with Crippen molar-refractivity contribution in [3.8, 4) is 0 Å². The summed E-state index contributed by atoms with van der Waals surface area (Å²) in [5.41, 5.74) is 3.64. The van der Waals surface area contributed by atoms with Gasteiger partial charge >= 0.3 is 0 Å². The van der Waals surface area contributed by atoms with Gasteiger partial charge in [-0.2, -0.15) is 0 Å². The summed E-state index contributed by atoms with van der Waals surface area (Å²) >= 11 is 1.57. The molecule has 1 fully saturated rings. The highest BCUT2D eigenvalue weighted by atomic mass is 32.1. The van der Waals surface area contributed by atoms with Crippen molar-refractivity contribution in [1.29, 1.82) is 0 Å². The molecule has 0 bridgehead atoms. The van der Waals surface area contributed by atoms with Crippen LogP contribution in [0.1, 0.15) is 40.5 Å². The fourth-order valence-electron chi connectivity index (χ4n) is 4.16. The molecule has 160 valence electrons. The van der Waals surface area contributed by atoms with Crippen LogP contribution in [0.15, 0.2) is 66.0 Å². The lowest BCUT2D eigenvalue weighted by Gasteiger charge is -2.40. The minimum Gasteiger partial charge on any atom is -0.392 e. The number of hydrogen-bond acceptors (Lipinski definition) is 4. The van der Waals surface area contributed by atoms with E-state index < -0.39 is 0 Å². The molecule has 4 rings (SSSR count). The zero-order valence-electron chi connectivity index (χ0n) is 17.5. The number of piperidine rings is 1. The molecule has 2 amide bonds. The van der Waals surface area contributed by atoms with Crippen molar-refractivity contribution >= 4 is 28.8 Å². The van der Waals surface area contributed by atoms with Crippen LogP contribution in [0, 0.1) is 12.8 Å². The maximum absolute atomic E-state index is 13.3. The first kappa shape index (κ1) is 21.3. The van der Waals surface area contributed by atoms with Crippen LogP contribution in [0.25, 0.3) is 0 Å². The molecule has 0 spiro atoms. The summed E-state index contributed by atoms with van der Waals surface area (Å²) in [6.07, 6.45) is 0.846. The Labute approximate surface area is 186 Å². The van der Waals surface area contributed by atoms with Crippen LogP contribution in [0.4, 0.5) is 5.69 Å². The van der Waals surface area contributed by atoms with Crippen LogP contribution in [0.3, 0.4) is 0 Å². The zero-order valence-corrected chi connectivity index (χ0v) is 18.3. The number of aliphatic hydroxyl groups is 1. The SMILES string of the molecule is Cc1ccc(N2C(=O)CC[C@H](C(=O)NCc3ccccc3CO)[C@@H]2c2cccs2)cc1. The summed E-state index contributed by atoms with van der Waals surface area (Å²) in [5, 5.41) is 14.6. The maximum Gasteiger partial charge on any atom is 0.227 e. The number of anilines is 1. The number of nitrogens with one attached hydrogen (secondary N) is 1. The van der Waals surface area contributed by atoms with Gasteiger partial charge in [-0.05, 0) is 48.1 Å². The van der Waals surface area contributed by atoms with Gasteiger partial charge in [-0.25, -0.2) is 0 Å². The molecule has 1 aromatic heterocycles. The molecule has 0 saturated carbocycles. The summed E-state index contributed by atoms with van der Waals surface area (Å²) < 4.78 is 0. The highest BCUT2D eigenvalue weighted by Crippen LogP contribution is 2.41. The Morgan fingerprint density at radius 1 is 1.10 bits per heavy atom. The van der Waals surface area contributed by atoms with E-state index in [4.69, 9.17) is 0 Å². The summed E-state index contributed by atoms with van der Waals surface area (Å²) in [4.78, 5) is 29.1. The van der Waals surface area contributed by atoms with E-state index in [0.29, 0.717) is 19.4 Å². The van der Waals surface area contributed by atoms with E-state index in [9.17, 15) is 14.7 Å². The Balaban J connectivity index is 1.61. The molecule has 2 aromatic carbocycles. The average Bonchev–Trinajstić information content (AvgIpc) is 3.33. The molecular formula is C25H26N2O3S. The number of amides is 2. The van der Waals surface area contributed by atoms with Crippen LogP contribution < -0.4 is 10.2 Å². The number of aliphatic hydroxyl groups excluding tert-OH is 1. The topological polar surface area (TPSA) is 69.6 Å². The van der Waals surface area contributed by atoms with Gasteiger partial charge in [-0.3, -0.25) is 9.59 Å². The van der Waals surface area contributed by atoms with E-state index in [0.717, 1.165) is 27.3 Å². The number of carbonyl (C=O) groups excluding carboxylic acids is 2. The van der Waals surface area contributed by atoms with Gasteiger partial charge in [0.25, 0.3) is 0 Å². The Bertz CT molecular complexity index is 1050. The highest BCUT2D eigenvalue weighted by molar-refractivity contribution is 7.10. The van der Waals surface area contributed by atoms with Crippen LogP contribution in [-0.4, -0.2) is 16.9 Å². The predicted molar refractivity (Wildman–Crippen MR) is 123 cm³/mol. The van der Waals surface area contributed by atoms with E-state index in [2.05, 4.69) is 5.32 Å². The maximum atomic E-state index is 13.3. The Morgan fingerprint density at radius 2 is 1.84 bits per heavy atom. The van der Waals surface area contributed by atoms with Crippen molar-refractivity contribution in [2.75, 3.05) is 4.90 Å². The first-order valence-corrected chi connectivity index (χ1v) is 11.3. The molecule has 6 heteroatoms. The smallest absolute Gasteiger partial charge is 0.227 e. The fraction of sp³-hybridized carbons (Fsp3) is 0.280. The molecular weight excluding hydrogens is 408 g/mol. The lowest BCUT2D eigenvalue weighted by Crippen LogP contribution is -2.48. The van der Waals surface area contributed by atoms with Crippen molar-refractivity contribution < 1.29 is 14.7 Å². The predicted octanol–water partition coefficient (Wildman–Crippen LogP) is 4.35. The first-order valence-electron chi connectivity index (χ1n) is 10.5. The molecule has 1 saturated heterocycles. The summed E-state index contributed by atoms with van der Waals surface area (Å²) in [6.45, 7) is 2.30. The van der Waals surface area contributed by atoms with Gasteiger partial charge in [0.2, 0.25) is 11.8 Å². The Kier molecular flexibility index (Phi) is 6.49. The Morgan fingerprint density at radius 3 is 2.52 bits per heavy atom. The number of aryl methyl sites for hydroxylation is 1. The van der Waals surface area contributed by atoms with Crippen molar-refractivity contribution in [1.82, 2.24) is 5.32 Å². The van der Waals surface area contributed by atoms with E-state index in [1.54, 1.807) is 16.2 Å². The summed E-state index contributed by atoms with van der Waals surface area (Å²) in [5.74, 6) is -0.383. The molecule has 5 nitrogen and oxygen atoms in total. The average molecular weight is 435 g/mol. The number of hydrogen-bond donors (Lipinski definition) is 2. The van der Waals surface area contributed by atoms with Gasteiger partial charge in [-0.1, -0.05) is 48.0 Å². The fourth-order valence-corrected chi connectivity index (χ4v) is 5.04. The number of rotatable bonds is 6. The monoisotopic (exact) mass is 434 g/mol. The third kappa shape index (κ3) is 4.55. The second-order valence-electron chi connectivity index (χ2n) is 7.85. The quantitative estimate of drug-likeness (QED) is 0.606. The highest BCUT2D eigenvalue weighted by Gasteiger charge is 2.41. The van der Waals surface area contributed by atoms with E-state index in [-0.39, 0.29) is 30.4 Å². The minimum absolute atomic E-state index is 0.0388. The number of benzene rings is 2. The summed E-state index contributed by atoms with van der Waals surface area (Å²) in [6, 6.07) is 19.0. The van der Waals surface area contributed by atoms with Crippen LogP contribution in [-0.2, 0) is 22.7 Å². The normalized spacial score (nSPS) is 18.8. The van der Waals surface area contributed by atoms with Gasteiger partial charge in [-0.15, -0.1) is 11.3 Å². The van der Waals surface area contributed by atoms with Crippen LogP contribution in [0.5, 0.6) is 0 Å². The lowest BCUT2D eigenvalue weighted by molar-refractivity contribution is -0.129. The second kappa shape index (κ2) is 9.45. The first-order chi connectivity index (χ1) is 15.1. The molecule has 0 aliphatic carbocycles. The molecule has 2 N–H and O–H groups in total. The molecule has 0 unspecified atom stereocenters. The van der Waals surface area contributed by atoms with Crippen LogP contribution >= 0.6 is 11.3 Å². The number of thiophene rings is 1. The molecule has 1 aliphatic heterocycles. The van der Waals surface area contributed by atoms with Gasteiger partial charge in [0, 0.05) is 23.5 Å². The van der Waals surface area contributed by atoms with Gasteiger partial charge in [0.05, 0.1) is 18.6 Å². The van der Waals surface area contributed by atoms with Crippen molar-refractivity contribution in [2.45, 2.75) is 39.0 Å². The van der Waals surface area contributed by atoms with E-state index >= 15 is 0 Å². The van der Waals surface area contributed by atoms with Crippen molar-refractivity contribution in [2.24, 2.45) is 5.92 Å². The molecule has 1 aliphatic rings. The van der Waals surface area contributed by atoms with E-state index in [1.165, 1.54) is 0 Å². The summed E-state index contributed by atoms with van der Waals surface area (Å²) in [7, 11) is 0. The second-order valence-corrected chi connectivity index (χ2v) is 8.83. The number of nitrogens with zero attached hydrogens (tertiary/aromatic N) is 1. The van der Waals surface area contributed by atoms with Gasteiger partial charge in [0.1, 0.15) is 0 Å². The van der Waals surface area contributed by atoms with Crippen LogP contribution in [0.2, 0.25) is 0 Å². The van der Waals surface area contributed by atoms with E-state index in [1.807, 2.05) is 73.0 Å². The zero-order chi connectivity index (χ0) is 21.8. The van der Waals surface area contributed by atoms with Crippen molar-refractivity contribution in [3.63, 3.8) is 0 Å².